The lowest BCUT2D eigenvalue weighted by Gasteiger charge is -2.35. The number of morpholine rings is 1. The van der Waals surface area contributed by atoms with Gasteiger partial charge in [-0.2, -0.15) is 0 Å². The fourth-order valence-corrected chi connectivity index (χ4v) is 4.33. The highest BCUT2D eigenvalue weighted by Gasteiger charge is 2.32. The highest BCUT2D eigenvalue weighted by molar-refractivity contribution is 5.94. The molecule has 5 heteroatoms. The van der Waals surface area contributed by atoms with E-state index in [4.69, 9.17) is 4.74 Å². The summed E-state index contributed by atoms with van der Waals surface area (Å²) in [6.07, 6.45) is 5.23. The molecule has 1 aromatic rings. The van der Waals surface area contributed by atoms with Crippen molar-refractivity contribution in [1.29, 1.82) is 0 Å². The van der Waals surface area contributed by atoms with E-state index in [1.165, 1.54) is 50.9 Å². The van der Waals surface area contributed by atoms with Gasteiger partial charge in [0.25, 0.3) is 5.91 Å². The second kappa shape index (κ2) is 7.85. The maximum Gasteiger partial charge on any atom is 0.251 e. The normalized spacial score (nSPS) is 27.4. The number of likely N-dealkylation sites (tertiary alicyclic amines) is 1. The van der Waals surface area contributed by atoms with Gasteiger partial charge in [-0.1, -0.05) is 12.1 Å². The number of hydrogen-bond acceptors (Lipinski definition) is 4. The molecule has 0 unspecified atom stereocenters. The predicted molar refractivity (Wildman–Crippen MR) is 97.6 cm³/mol. The fraction of sp³-hybridized carbons (Fsp3) is 0.650. The molecule has 0 aromatic heterocycles. The van der Waals surface area contributed by atoms with Crippen LogP contribution in [-0.4, -0.2) is 67.2 Å². The first-order valence-corrected chi connectivity index (χ1v) is 9.73. The SMILES string of the molecule is O=C(NC[C@H]1CN2CCC[C@H]2CO1)c1cccc(CN2CCCC2)c1. The Balaban J connectivity index is 1.28. The van der Waals surface area contributed by atoms with Crippen LogP contribution in [0.3, 0.4) is 0 Å². The van der Waals surface area contributed by atoms with Crippen LogP contribution in [0.1, 0.15) is 41.6 Å². The summed E-state index contributed by atoms with van der Waals surface area (Å²) < 4.78 is 5.93. The van der Waals surface area contributed by atoms with Crippen LogP contribution >= 0.6 is 0 Å². The smallest absolute Gasteiger partial charge is 0.251 e. The number of rotatable bonds is 5. The van der Waals surface area contributed by atoms with Gasteiger partial charge < -0.3 is 10.1 Å². The van der Waals surface area contributed by atoms with Gasteiger partial charge in [-0.05, 0) is 63.0 Å². The quantitative estimate of drug-likeness (QED) is 0.887. The van der Waals surface area contributed by atoms with Crippen LogP contribution in [0.5, 0.6) is 0 Å². The van der Waals surface area contributed by atoms with E-state index in [-0.39, 0.29) is 12.0 Å². The molecule has 1 amide bonds. The molecule has 0 aliphatic carbocycles. The van der Waals surface area contributed by atoms with Crippen molar-refractivity contribution >= 4 is 5.91 Å². The Morgan fingerprint density at radius 1 is 1.20 bits per heavy atom. The van der Waals surface area contributed by atoms with Gasteiger partial charge in [-0.3, -0.25) is 14.6 Å². The number of carbonyl (C=O) groups is 1. The number of ether oxygens (including phenoxy) is 1. The van der Waals surface area contributed by atoms with Gasteiger partial charge in [-0.25, -0.2) is 0 Å². The van der Waals surface area contributed by atoms with Crippen LogP contribution in [0.2, 0.25) is 0 Å². The first kappa shape index (κ1) is 17.0. The summed E-state index contributed by atoms with van der Waals surface area (Å²) in [7, 11) is 0. The van der Waals surface area contributed by atoms with Crippen LogP contribution in [0.15, 0.2) is 24.3 Å². The number of nitrogens with one attached hydrogen (secondary N) is 1. The van der Waals surface area contributed by atoms with Crippen LogP contribution in [0.25, 0.3) is 0 Å². The van der Waals surface area contributed by atoms with Crippen molar-refractivity contribution in [3.05, 3.63) is 35.4 Å². The van der Waals surface area contributed by atoms with Crippen molar-refractivity contribution in [2.24, 2.45) is 0 Å². The Labute approximate surface area is 150 Å². The molecule has 1 N–H and O–H groups in total. The van der Waals surface area contributed by atoms with E-state index < -0.39 is 0 Å². The summed E-state index contributed by atoms with van der Waals surface area (Å²) in [5.41, 5.74) is 1.98. The summed E-state index contributed by atoms with van der Waals surface area (Å²) in [5.74, 6) is 0.00965. The Kier molecular flexibility index (Phi) is 5.34. The molecule has 3 fully saturated rings. The van der Waals surface area contributed by atoms with Crippen LogP contribution in [0.4, 0.5) is 0 Å². The minimum absolute atomic E-state index is 0.00965. The Bertz CT molecular complexity index is 600. The predicted octanol–water partition coefficient (Wildman–Crippen LogP) is 1.88. The monoisotopic (exact) mass is 343 g/mol. The van der Waals surface area contributed by atoms with Gasteiger partial charge in [-0.15, -0.1) is 0 Å². The third kappa shape index (κ3) is 4.22. The molecule has 4 rings (SSSR count). The first-order valence-electron chi connectivity index (χ1n) is 9.73. The summed E-state index contributed by atoms with van der Waals surface area (Å²) >= 11 is 0. The zero-order valence-electron chi connectivity index (χ0n) is 15.0. The Morgan fingerprint density at radius 3 is 2.96 bits per heavy atom. The van der Waals surface area contributed by atoms with E-state index >= 15 is 0 Å². The number of benzene rings is 1. The molecule has 1 aromatic carbocycles. The molecule has 136 valence electrons. The molecule has 2 atom stereocenters. The van der Waals surface area contributed by atoms with Crippen LogP contribution in [-0.2, 0) is 11.3 Å². The highest BCUT2D eigenvalue weighted by atomic mass is 16.5. The number of hydrogen-bond donors (Lipinski definition) is 1. The lowest BCUT2D eigenvalue weighted by atomic mass is 10.1. The van der Waals surface area contributed by atoms with E-state index in [1.54, 1.807) is 0 Å². The van der Waals surface area contributed by atoms with Gasteiger partial charge in [0.15, 0.2) is 0 Å². The lowest BCUT2D eigenvalue weighted by Crippen LogP contribution is -2.50. The minimum atomic E-state index is 0.00965. The molecule has 25 heavy (non-hydrogen) atoms. The van der Waals surface area contributed by atoms with Gasteiger partial charge in [0.05, 0.1) is 12.7 Å². The molecule has 0 saturated carbocycles. The molecule has 3 aliphatic rings. The van der Waals surface area contributed by atoms with Gasteiger partial charge in [0.2, 0.25) is 0 Å². The van der Waals surface area contributed by atoms with Crippen molar-refractivity contribution < 1.29 is 9.53 Å². The van der Waals surface area contributed by atoms with Crippen molar-refractivity contribution in [2.45, 2.75) is 44.4 Å². The average Bonchev–Trinajstić information content (AvgIpc) is 3.31. The fourth-order valence-electron chi connectivity index (χ4n) is 4.33. The molecule has 0 bridgehead atoms. The van der Waals surface area contributed by atoms with E-state index in [1.807, 2.05) is 18.2 Å². The number of carbonyl (C=O) groups excluding carboxylic acids is 1. The van der Waals surface area contributed by atoms with E-state index in [2.05, 4.69) is 21.2 Å². The highest BCUT2D eigenvalue weighted by Crippen LogP contribution is 2.22. The topological polar surface area (TPSA) is 44.8 Å². The summed E-state index contributed by atoms with van der Waals surface area (Å²) in [4.78, 5) is 17.5. The second-order valence-electron chi connectivity index (χ2n) is 7.64. The number of fused-ring (bicyclic) bond motifs is 1. The molecule has 5 nitrogen and oxygen atoms in total. The zero-order valence-corrected chi connectivity index (χ0v) is 15.0. The van der Waals surface area contributed by atoms with Crippen LogP contribution < -0.4 is 5.32 Å². The standard InChI is InChI=1S/C20H29N3O2/c24-20(21-12-19-14-23-10-4-7-18(23)15-25-19)17-6-3-5-16(11-17)13-22-8-1-2-9-22/h3,5-6,11,18-19H,1-2,4,7-10,12-15H2,(H,21,24)/t18-,19-/m0/s1. The molecule has 3 heterocycles. The van der Waals surface area contributed by atoms with E-state index in [9.17, 15) is 4.79 Å². The van der Waals surface area contributed by atoms with Crippen molar-refractivity contribution in [1.82, 2.24) is 15.1 Å². The van der Waals surface area contributed by atoms with Gasteiger partial charge >= 0.3 is 0 Å². The Morgan fingerprint density at radius 2 is 2.08 bits per heavy atom. The van der Waals surface area contributed by atoms with E-state index in [0.29, 0.717) is 12.6 Å². The maximum atomic E-state index is 12.5. The zero-order chi connectivity index (χ0) is 17.1. The largest absolute Gasteiger partial charge is 0.373 e. The second-order valence-corrected chi connectivity index (χ2v) is 7.64. The molecule has 3 aliphatic heterocycles. The molecule has 0 radical (unpaired) electrons. The third-order valence-electron chi connectivity index (χ3n) is 5.75. The molecule has 3 saturated heterocycles. The van der Waals surface area contributed by atoms with Crippen molar-refractivity contribution in [3.63, 3.8) is 0 Å². The number of nitrogens with zero attached hydrogens (tertiary/aromatic N) is 2. The summed E-state index contributed by atoms with van der Waals surface area (Å²) in [5, 5.41) is 3.07. The molecule has 0 spiro atoms. The molecular formula is C20H29N3O2. The summed E-state index contributed by atoms with van der Waals surface area (Å²) in [6.45, 7) is 6.82. The number of amides is 1. The average molecular weight is 343 g/mol. The van der Waals surface area contributed by atoms with Gasteiger partial charge in [0.1, 0.15) is 0 Å². The summed E-state index contributed by atoms with van der Waals surface area (Å²) in [6, 6.07) is 8.65. The van der Waals surface area contributed by atoms with Crippen molar-refractivity contribution in [3.8, 4) is 0 Å². The van der Waals surface area contributed by atoms with E-state index in [0.717, 1.165) is 25.3 Å². The maximum absolute atomic E-state index is 12.5. The van der Waals surface area contributed by atoms with Gasteiger partial charge in [0, 0.05) is 31.2 Å². The Hall–Kier alpha value is -1.43. The third-order valence-corrected chi connectivity index (χ3v) is 5.75. The van der Waals surface area contributed by atoms with Crippen molar-refractivity contribution in [2.75, 3.05) is 39.3 Å². The molecular weight excluding hydrogens is 314 g/mol. The van der Waals surface area contributed by atoms with Crippen LogP contribution in [0, 0.1) is 0 Å². The lowest BCUT2D eigenvalue weighted by molar-refractivity contribution is -0.0461. The minimum Gasteiger partial charge on any atom is -0.373 e. The first-order chi connectivity index (χ1) is 12.3.